The second kappa shape index (κ2) is 4.78. The third-order valence-electron chi connectivity index (χ3n) is 1.11. The Balaban J connectivity index is 3.77. The predicted octanol–water partition coefficient (Wildman–Crippen LogP) is 2.32. The van der Waals surface area contributed by atoms with Crippen molar-refractivity contribution < 1.29 is 4.55 Å². The zero-order valence-electron chi connectivity index (χ0n) is 7.76. The summed E-state index contributed by atoms with van der Waals surface area (Å²) in [5.41, 5.74) is 0. The second-order valence-corrected chi connectivity index (χ2v) is 5.37. The lowest BCUT2D eigenvalue weighted by Crippen LogP contribution is -2.25. The average molecular weight is 175 g/mol. The lowest BCUT2D eigenvalue weighted by atomic mass is 10.3. The second-order valence-electron chi connectivity index (χ2n) is 3.44. The number of rotatable bonds is 3. The molecule has 11 heavy (non-hydrogen) atoms. The normalized spacial score (nSPS) is 15.7. The molecule has 0 radical (unpaired) electrons. The first-order valence-electron chi connectivity index (χ1n) is 3.93. The number of unbranched alkanes of at least 4 members (excludes halogenated alkanes) is 1. The van der Waals surface area contributed by atoms with Crippen LogP contribution in [0.1, 0.15) is 40.5 Å². The lowest BCUT2D eigenvalue weighted by molar-refractivity contribution is 0.561. The highest BCUT2D eigenvalue weighted by Gasteiger charge is 2.25. The number of nitrogens with zero attached hydrogens (tertiary/aromatic N) is 1. The van der Waals surface area contributed by atoms with E-state index >= 15 is 0 Å². The van der Waals surface area contributed by atoms with Gasteiger partial charge in [0.05, 0.1) is 6.21 Å². The molecule has 1 unspecified atom stereocenters. The molecule has 0 bridgehead atoms. The van der Waals surface area contributed by atoms with Crippen molar-refractivity contribution >= 4 is 17.6 Å². The van der Waals surface area contributed by atoms with E-state index in [1.54, 1.807) is 6.21 Å². The van der Waals surface area contributed by atoms with Crippen LogP contribution in [0.4, 0.5) is 0 Å². The van der Waals surface area contributed by atoms with Gasteiger partial charge in [0.15, 0.2) is 0 Å². The maximum atomic E-state index is 11.3. The van der Waals surface area contributed by atoms with Crippen molar-refractivity contribution in [3.8, 4) is 0 Å². The molecule has 0 aliphatic carbocycles. The van der Waals surface area contributed by atoms with Gasteiger partial charge in [-0.2, -0.15) is 0 Å². The van der Waals surface area contributed by atoms with Gasteiger partial charge in [-0.15, -0.1) is 0 Å². The fourth-order valence-electron chi connectivity index (χ4n) is 0.408. The third kappa shape index (κ3) is 5.27. The molecule has 0 aromatic carbocycles. The third-order valence-corrected chi connectivity index (χ3v) is 2.50. The molecule has 0 amide bonds. The van der Waals surface area contributed by atoms with Crippen LogP contribution in [-0.4, -0.2) is 15.5 Å². The molecular formula is C8H17NOS. The van der Waals surface area contributed by atoms with Gasteiger partial charge < -0.3 is 4.55 Å². The molecular weight excluding hydrogens is 158 g/mol. The summed E-state index contributed by atoms with van der Waals surface area (Å²) in [6, 6.07) is 0. The molecule has 1 atom stereocenters. The standard InChI is InChI=1S/C8H17NOS/c1-5-6-7-9-11(10)8(2,3)4/h7H,5-6H2,1-4H3/b9-7-. The van der Waals surface area contributed by atoms with Gasteiger partial charge in [0.25, 0.3) is 0 Å². The van der Waals surface area contributed by atoms with Gasteiger partial charge in [-0.25, -0.2) is 0 Å². The lowest BCUT2D eigenvalue weighted by Gasteiger charge is -2.17. The molecule has 0 aliphatic heterocycles. The Morgan fingerprint density at radius 3 is 2.36 bits per heavy atom. The molecule has 0 spiro atoms. The molecule has 0 N–H and O–H groups in total. The van der Waals surface area contributed by atoms with Crippen molar-refractivity contribution in [2.24, 2.45) is 4.40 Å². The van der Waals surface area contributed by atoms with Crippen LogP contribution in [0.3, 0.4) is 0 Å². The van der Waals surface area contributed by atoms with E-state index < -0.39 is 11.4 Å². The Kier molecular flexibility index (Phi) is 4.77. The Morgan fingerprint density at radius 2 is 2.00 bits per heavy atom. The van der Waals surface area contributed by atoms with Gasteiger partial charge in [0.2, 0.25) is 0 Å². The van der Waals surface area contributed by atoms with E-state index in [4.69, 9.17) is 0 Å². The van der Waals surface area contributed by atoms with Crippen LogP contribution in [0, 0.1) is 0 Å². The van der Waals surface area contributed by atoms with Crippen molar-refractivity contribution in [3.63, 3.8) is 0 Å². The van der Waals surface area contributed by atoms with Crippen LogP contribution in [0.5, 0.6) is 0 Å². The SMILES string of the molecule is CCC/C=N\[S+]([O-])C(C)(C)C. The fraction of sp³-hybridized carbons (Fsp3) is 0.875. The summed E-state index contributed by atoms with van der Waals surface area (Å²) in [5.74, 6) is 0. The minimum absolute atomic E-state index is 0.218. The highest BCUT2D eigenvalue weighted by atomic mass is 32.2. The number of hydrogen-bond donors (Lipinski definition) is 0. The van der Waals surface area contributed by atoms with Crippen molar-refractivity contribution in [2.75, 3.05) is 0 Å². The summed E-state index contributed by atoms with van der Waals surface area (Å²) < 4.78 is 15.0. The highest BCUT2D eigenvalue weighted by Crippen LogP contribution is 2.16. The molecule has 2 nitrogen and oxygen atoms in total. The van der Waals surface area contributed by atoms with E-state index in [2.05, 4.69) is 11.3 Å². The van der Waals surface area contributed by atoms with Crippen LogP contribution in [0.2, 0.25) is 0 Å². The monoisotopic (exact) mass is 175 g/mol. The Hall–Kier alpha value is -0.0200. The quantitative estimate of drug-likeness (QED) is 0.479. The minimum Gasteiger partial charge on any atom is -0.591 e. The Bertz CT molecular complexity index is 129. The van der Waals surface area contributed by atoms with E-state index in [0.29, 0.717) is 0 Å². The molecule has 0 aromatic rings. The molecule has 0 aromatic heterocycles. The maximum Gasteiger partial charge on any atom is 0.144 e. The fourth-order valence-corrected chi connectivity index (χ4v) is 0.965. The summed E-state index contributed by atoms with van der Waals surface area (Å²) in [5, 5.41) is 0. The van der Waals surface area contributed by atoms with Crippen molar-refractivity contribution in [3.05, 3.63) is 0 Å². The first-order chi connectivity index (χ1) is 4.98. The van der Waals surface area contributed by atoms with Gasteiger partial charge in [-0.3, -0.25) is 0 Å². The summed E-state index contributed by atoms with van der Waals surface area (Å²) >= 11 is -1.07. The number of hydrogen-bond acceptors (Lipinski definition) is 2. The molecule has 0 saturated carbocycles. The van der Waals surface area contributed by atoms with E-state index in [1.165, 1.54) is 0 Å². The first kappa shape index (κ1) is 11.0. The predicted molar refractivity (Wildman–Crippen MR) is 51.3 cm³/mol. The smallest absolute Gasteiger partial charge is 0.144 e. The zero-order chi connectivity index (χ0) is 8.91. The largest absolute Gasteiger partial charge is 0.591 e. The van der Waals surface area contributed by atoms with Crippen molar-refractivity contribution in [2.45, 2.75) is 45.3 Å². The van der Waals surface area contributed by atoms with Crippen LogP contribution < -0.4 is 0 Å². The van der Waals surface area contributed by atoms with Crippen LogP contribution in [-0.2, 0) is 11.4 Å². The average Bonchev–Trinajstić information content (AvgIpc) is 1.86. The summed E-state index contributed by atoms with van der Waals surface area (Å²) in [7, 11) is 0. The van der Waals surface area contributed by atoms with Gasteiger partial charge in [0.1, 0.15) is 16.1 Å². The van der Waals surface area contributed by atoms with Gasteiger partial charge >= 0.3 is 0 Å². The molecule has 0 rings (SSSR count). The van der Waals surface area contributed by atoms with E-state index in [0.717, 1.165) is 12.8 Å². The van der Waals surface area contributed by atoms with Crippen LogP contribution in [0.15, 0.2) is 4.40 Å². The Labute approximate surface area is 72.4 Å². The van der Waals surface area contributed by atoms with E-state index in [1.807, 2.05) is 20.8 Å². The molecule has 0 heterocycles. The zero-order valence-corrected chi connectivity index (χ0v) is 8.57. The summed E-state index contributed by atoms with van der Waals surface area (Å²) in [6.45, 7) is 7.84. The maximum absolute atomic E-state index is 11.3. The molecule has 66 valence electrons. The topological polar surface area (TPSA) is 35.4 Å². The molecule has 0 fully saturated rings. The minimum atomic E-state index is -1.07. The molecule has 0 aliphatic rings. The van der Waals surface area contributed by atoms with Gasteiger partial charge in [-0.05, 0) is 27.2 Å². The highest BCUT2D eigenvalue weighted by molar-refractivity contribution is 7.91. The van der Waals surface area contributed by atoms with Crippen LogP contribution >= 0.6 is 0 Å². The van der Waals surface area contributed by atoms with Crippen molar-refractivity contribution in [1.29, 1.82) is 0 Å². The van der Waals surface area contributed by atoms with Crippen molar-refractivity contribution in [1.82, 2.24) is 0 Å². The van der Waals surface area contributed by atoms with Crippen LogP contribution in [0.25, 0.3) is 0 Å². The molecule has 0 saturated heterocycles. The van der Waals surface area contributed by atoms with Gasteiger partial charge in [-0.1, -0.05) is 17.7 Å². The molecule has 3 heteroatoms. The summed E-state index contributed by atoms with van der Waals surface area (Å²) in [4.78, 5) is 0. The van der Waals surface area contributed by atoms with Gasteiger partial charge in [0, 0.05) is 0 Å². The Morgan fingerprint density at radius 1 is 1.45 bits per heavy atom. The van der Waals surface area contributed by atoms with E-state index in [9.17, 15) is 4.55 Å². The first-order valence-corrected chi connectivity index (χ1v) is 5.03. The van der Waals surface area contributed by atoms with E-state index in [-0.39, 0.29) is 4.75 Å². The summed E-state index contributed by atoms with van der Waals surface area (Å²) in [6.07, 6.45) is 3.73.